The number of carbonyl (C=O) groups is 2. The maximum atomic E-state index is 12.2. The molecule has 1 aliphatic rings. The zero-order valence-corrected chi connectivity index (χ0v) is 14.3. The van der Waals surface area contributed by atoms with Crippen molar-refractivity contribution in [3.63, 3.8) is 0 Å². The SMILES string of the molecule is CC(=O)N1CCCCC1CCS(=O)(=O)N(C)CC(C)C(=O)O. The number of nitrogens with zero attached hydrogens (tertiary/aromatic N) is 2. The molecule has 0 aromatic rings. The van der Waals surface area contributed by atoms with Gasteiger partial charge in [0.1, 0.15) is 0 Å². The summed E-state index contributed by atoms with van der Waals surface area (Å²) in [5, 5.41) is 8.86. The van der Waals surface area contributed by atoms with Crippen LogP contribution in [-0.2, 0) is 19.6 Å². The smallest absolute Gasteiger partial charge is 0.307 e. The summed E-state index contributed by atoms with van der Waals surface area (Å²) < 4.78 is 25.6. The van der Waals surface area contributed by atoms with E-state index in [0.717, 1.165) is 23.6 Å². The molecule has 0 saturated carbocycles. The molecule has 22 heavy (non-hydrogen) atoms. The molecule has 1 heterocycles. The van der Waals surface area contributed by atoms with Crippen LogP contribution in [0.4, 0.5) is 0 Å². The van der Waals surface area contributed by atoms with Crippen molar-refractivity contribution >= 4 is 21.9 Å². The lowest BCUT2D eigenvalue weighted by atomic mass is 10.00. The molecule has 0 bridgehead atoms. The molecule has 2 unspecified atom stereocenters. The predicted octanol–water partition coefficient (Wildman–Crippen LogP) is 0.760. The van der Waals surface area contributed by atoms with Crippen molar-refractivity contribution in [1.29, 1.82) is 0 Å². The Morgan fingerprint density at radius 3 is 2.55 bits per heavy atom. The number of rotatable bonds is 7. The summed E-state index contributed by atoms with van der Waals surface area (Å²) in [5.41, 5.74) is 0. The minimum atomic E-state index is -3.51. The maximum absolute atomic E-state index is 12.2. The second-order valence-corrected chi connectivity index (χ2v) is 8.18. The van der Waals surface area contributed by atoms with Crippen LogP contribution in [0.3, 0.4) is 0 Å². The monoisotopic (exact) mass is 334 g/mol. The number of piperidine rings is 1. The third-order valence-electron chi connectivity index (χ3n) is 4.17. The highest BCUT2D eigenvalue weighted by Crippen LogP contribution is 2.21. The molecule has 0 aliphatic carbocycles. The van der Waals surface area contributed by atoms with Crippen molar-refractivity contribution < 1.29 is 23.1 Å². The summed E-state index contributed by atoms with van der Waals surface area (Å²) in [5.74, 6) is -1.85. The highest BCUT2D eigenvalue weighted by atomic mass is 32.2. The lowest BCUT2D eigenvalue weighted by Gasteiger charge is -2.35. The van der Waals surface area contributed by atoms with Gasteiger partial charge in [-0.1, -0.05) is 6.92 Å². The molecule has 1 N–H and O–H groups in total. The zero-order valence-electron chi connectivity index (χ0n) is 13.5. The summed E-state index contributed by atoms with van der Waals surface area (Å²) in [6.45, 7) is 3.63. The van der Waals surface area contributed by atoms with Crippen LogP contribution in [-0.4, -0.2) is 66.5 Å². The average molecular weight is 334 g/mol. The van der Waals surface area contributed by atoms with E-state index in [1.807, 2.05) is 0 Å². The summed E-state index contributed by atoms with van der Waals surface area (Å²) in [6, 6.07) is -0.0358. The van der Waals surface area contributed by atoms with Gasteiger partial charge in [-0.3, -0.25) is 9.59 Å². The Morgan fingerprint density at radius 2 is 2.00 bits per heavy atom. The molecular weight excluding hydrogens is 308 g/mol. The van der Waals surface area contributed by atoms with Gasteiger partial charge < -0.3 is 10.0 Å². The molecule has 8 heteroatoms. The van der Waals surface area contributed by atoms with Gasteiger partial charge in [0.05, 0.1) is 11.7 Å². The molecule has 128 valence electrons. The van der Waals surface area contributed by atoms with Gasteiger partial charge in [0.2, 0.25) is 15.9 Å². The van der Waals surface area contributed by atoms with Crippen LogP contribution < -0.4 is 0 Å². The fourth-order valence-electron chi connectivity index (χ4n) is 2.73. The van der Waals surface area contributed by atoms with Crippen LogP contribution in [0.25, 0.3) is 0 Å². The van der Waals surface area contributed by atoms with Crippen molar-refractivity contribution in [2.45, 2.75) is 45.6 Å². The third kappa shape index (κ3) is 5.24. The van der Waals surface area contributed by atoms with E-state index in [9.17, 15) is 18.0 Å². The molecule has 0 spiro atoms. The van der Waals surface area contributed by atoms with Crippen LogP contribution in [0.2, 0.25) is 0 Å². The number of amides is 1. The van der Waals surface area contributed by atoms with Gasteiger partial charge >= 0.3 is 5.97 Å². The molecule has 7 nitrogen and oxygen atoms in total. The summed E-state index contributed by atoms with van der Waals surface area (Å²) in [6.07, 6.45) is 3.18. The molecular formula is C14H26N2O5S. The first kappa shape index (κ1) is 18.9. The molecule has 1 amide bonds. The summed E-state index contributed by atoms with van der Waals surface area (Å²) >= 11 is 0. The first-order valence-electron chi connectivity index (χ1n) is 7.59. The zero-order chi connectivity index (χ0) is 16.9. The Labute approximate surface area is 132 Å². The third-order valence-corrected chi connectivity index (χ3v) is 6.02. The molecule has 0 aromatic heterocycles. The van der Waals surface area contributed by atoms with Gasteiger partial charge in [-0.2, -0.15) is 0 Å². The van der Waals surface area contributed by atoms with Crippen LogP contribution in [0, 0.1) is 5.92 Å². The number of carboxylic acids is 1. The maximum Gasteiger partial charge on any atom is 0.307 e. The van der Waals surface area contributed by atoms with E-state index in [0.29, 0.717) is 13.0 Å². The number of aliphatic carboxylic acids is 1. The number of likely N-dealkylation sites (tertiary alicyclic amines) is 1. The fraction of sp³-hybridized carbons (Fsp3) is 0.857. The fourth-order valence-corrected chi connectivity index (χ4v) is 4.07. The number of hydrogen-bond acceptors (Lipinski definition) is 4. The standard InChI is InChI=1S/C14H26N2O5S/c1-11(14(18)19)10-15(3)22(20,21)9-7-13-6-4-5-8-16(13)12(2)17/h11,13H,4-10H2,1-3H3,(H,18,19). The number of hydrogen-bond donors (Lipinski definition) is 1. The Hall–Kier alpha value is -1.15. The van der Waals surface area contributed by atoms with Crippen LogP contribution in [0.1, 0.15) is 39.5 Å². The molecule has 0 aromatic carbocycles. The molecule has 1 rings (SSSR count). The van der Waals surface area contributed by atoms with Gasteiger partial charge in [0, 0.05) is 33.1 Å². The van der Waals surface area contributed by atoms with Gasteiger partial charge in [-0.25, -0.2) is 12.7 Å². The second kappa shape index (κ2) is 7.92. The van der Waals surface area contributed by atoms with Crippen molar-refractivity contribution in [1.82, 2.24) is 9.21 Å². The van der Waals surface area contributed by atoms with Crippen LogP contribution in [0.5, 0.6) is 0 Å². The quantitative estimate of drug-likeness (QED) is 0.741. The topological polar surface area (TPSA) is 95.0 Å². The predicted molar refractivity (Wildman–Crippen MR) is 82.9 cm³/mol. The normalized spacial score (nSPS) is 20.9. The van der Waals surface area contributed by atoms with Gasteiger partial charge in [0.25, 0.3) is 0 Å². The summed E-state index contributed by atoms with van der Waals surface area (Å²) in [7, 11) is -2.10. The van der Waals surface area contributed by atoms with Crippen LogP contribution >= 0.6 is 0 Å². The van der Waals surface area contributed by atoms with E-state index >= 15 is 0 Å². The lowest BCUT2D eigenvalue weighted by molar-refractivity contribution is -0.141. The van der Waals surface area contributed by atoms with Gasteiger partial charge in [-0.05, 0) is 25.7 Å². The van der Waals surface area contributed by atoms with Gasteiger partial charge in [-0.15, -0.1) is 0 Å². The Morgan fingerprint density at radius 1 is 1.36 bits per heavy atom. The molecule has 2 atom stereocenters. The number of carbonyl (C=O) groups excluding carboxylic acids is 1. The Balaban J connectivity index is 2.60. The Bertz CT molecular complexity index is 505. The minimum Gasteiger partial charge on any atom is -0.481 e. The van der Waals surface area contributed by atoms with Crippen LogP contribution in [0.15, 0.2) is 0 Å². The number of carboxylic acid groups (broad SMARTS) is 1. The van der Waals surface area contributed by atoms with E-state index in [1.54, 1.807) is 4.90 Å². The molecule has 0 radical (unpaired) electrons. The molecule has 1 aliphatic heterocycles. The lowest BCUT2D eigenvalue weighted by Crippen LogP contribution is -2.44. The van der Waals surface area contributed by atoms with Crippen molar-refractivity contribution in [2.75, 3.05) is 25.9 Å². The first-order valence-corrected chi connectivity index (χ1v) is 9.20. The Kier molecular flexibility index (Phi) is 6.80. The van der Waals surface area contributed by atoms with E-state index in [-0.39, 0.29) is 24.2 Å². The van der Waals surface area contributed by atoms with Crippen molar-refractivity contribution in [3.8, 4) is 0 Å². The highest BCUT2D eigenvalue weighted by Gasteiger charge is 2.28. The van der Waals surface area contributed by atoms with Gasteiger partial charge in [0.15, 0.2) is 0 Å². The molecule has 1 saturated heterocycles. The highest BCUT2D eigenvalue weighted by molar-refractivity contribution is 7.89. The second-order valence-electron chi connectivity index (χ2n) is 5.99. The number of sulfonamides is 1. The average Bonchev–Trinajstić information content (AvgIpc) is 2.45. The largest absolute Gasteiger partial charge is 0.481 e. The van der Waals surface area contributed by atoms with Crippen molar-refractivity contribution in [2.24, 2.45) is 5.92 Å². The first-order chi connectivity index (χ1) is 10.1. The van der Waals surface area contributed by atoms with E-state index in [1.165, 1.54) is 20.9 Å². The van der Waals surface area contributed by atoms with Crippen molar-refractivity contribution in [3.05, 3.63) is 0 Å². The van der Waals surface area contributed by atoms with E-state index in [2.05, 4.69) is 0 Å². The summed E-state index contributed by atoms with van der Waals surface area (Å²) in [4.78, 5) is 24.2. The van der Waals surface area contributed by atoms with E-state index < -0.39 is 21.9 Å². The minimum absolute atomic E-state index is 0.0186. The van der Waals surface area contributed by atoms with E-state index in [4.69, 9.17) is 5.11 Å². The molecule has 1 fully saturated rings.